The molecule has 0 amide bonds. The first-order valence-electron chi connectivity index (χ1n) is 5.28. The van der Waals surface area contributed by atoms with Crippen LogP contribution >= 0.6 is 0 Å². The number of halogens is 1. The number of anilines is 1. The Morgan fingerprint density at radius 2 is 2.47 bits per heavy atom. The Labute approximate surface area is 96.8 Å². The number of nitrogens with two attached hydrogens (primary N) is 1. The smallest absolute Gasteiger partial charge is 0.351 e. The summed E-state index contributed by atoms with van der Waals surface area (Å²) in [6.45, 7) is 1.40. The number of nitrogens with zero attached hydrogens (tertiary/aromatic N) is 2. The Morgan fingerprint density at radius 3 is 3.06 bits per heavy atom. The number of nitrogen functional groups attached to an aromatic ring is 1. The third kappa shape index (κ3) is 2.16. The van der Waals surface area contributed by atoms with E-state index < -0.39 is 24.2 Å². The highest BCUT2D eigenvalue weighted by Crippen LogP contribution is 2.30. The van der Waals surface area contributed by atoms with Crippen LogP contribution in [0.15, 0.2) is 11.0 Å². The fraction of sp³-hybridized carbons (Fsp3) is 0.600. The van der Waals surface area contributed by atoms with Crippen molar-refractivity contribution in [3.63, 3.8) is 0 Å². The molecule has 1 aliphatic rings. The van der Waals surface area contributed by atoms with Crippen LogP contribution in [0.5, 0.6) is 0 Å². The largest absolute Gasteiger partial charge is 0.394 e. The van der Waals surface area contributed by atoms with Gasteiger partial charge in [0.1, 0.15) is 12.0 Å². The lowest BCUT2D eigenvalue weighted by Crippen LogP contribution is -2.31. The number of ether oxygens (including phenoxy) is 1. The SMILES string of the molecule is Cc1cn([C@@H]2O[C@H](CO)C[C@@H]2F)c(=O)nc1N. The number of aromatic nitrogens is 2. The molecule has 94 valence electrons. The molecular weight excluding hydrogens is 229 g/mol. The minimum Gasteiger partial charge on any atom is -0.394 e. The number of hydrogen-bond acceptors (Lipinski definition) is 5. The van der Waals surface area contributed by atoms with E-state index in [2.05, 4.69) is 4.98 Å². The summed E-state index contributed by atoms with van der Waals surface area (Å²) in [5, 5.41) is 8.90. The van der Waals surface area contributed by atoms with Gasteiger partial charge in [0.2, 0.25) is 0 Å². The van der Waals surface area contributed by atoms with E-state index in [-0.39, 0.29) is 18.8 Å². The van der Waals surface area contributed by atoms with Gasteiger partial charge < -0.3 is 15.6 Å². The normalized spacial score (nSPS) is 28.5. The third-order valence-electron chi connectivity index (χ3n) is 2.78. The van der Waals surface area contributed by atoms with E-state index >= 15 is 0 Å². The predicted octanol–water partition coefficient (Wildman–Crippen LogP) is -0.248. The monoisotopic (exact) mass is 243 g/mol. The van der Waals surface area contributed by atoms with Crippen LogP contribution in [0, 0.1) is 6.92 Å². The van der Waals surface area contributed by atoms with Gasteiger partial charge in [0.15, 0.2) is 6.23 Å². The Kier molecular flexibility index (Phi) is 3.12. The van der Waals surface area contributed by atoms with Gasteiger partial charge in [-0.2, -0.15) is 4.98 Å². The summed E-state index contributed by atoms with van der Waals surface area (Å²) in [7, 11) is 0. The van der Waals surface area contributed by atoms with E-state index in [1.807, 2.05) is 0 Å². The zero-order valence-electron chi connectivity index (χ0n) is 9.34. The van der Waals surface area contributed by atoms with Gasteiger partial charge in [-0.3, -0.25) is 4.57 Å². The lowest BCUT2D eigenvalue weighted by Gasteiger charge is -2.16. The first-order chi connectivity index (χ1) is 8.02. The van der Waals surface area contributed by atoms with Crippen molar-refractivity contribution >= 4 is 5.82 Å². The molecule has 0 aliphatic carbocycles. The molecule has 1 saturated heterocycles. The molecule has 6 nitrogen and oxygen atoms in total. The van der Waals surface area contributed by atoms with E-state index in [1.165, 1.54) is 6.20 Å². The zero-order valence-corrected chi connectivity index (χ0v) is 9.34. The van der Waals surface area contributed by atoms with Crippen LogP contribution in [0.25, 0.3) is 0 Å². The Bertz CT molecular complexity index is 476. The van der Waals surface area contributed by atoms with Gasteiger partial charge in [-0.05, 0) is 6.92 Å². The Morgan fingerprint density at radius 1 is 1.76 bits per heavy atom. The van der Waals surface area contributed by atoms with Gasteiger partial charge in [0.05, 0.1) is 12.7 Å². The second-order valence-corrected chi connectivity index (χ2v) is 4.08. The molecule has 2 heterocycles. The second-order valence-electron chi connectivity index (χ2n) is 4.08. The molecule has 0 aromatic carbocycles. The molecule has 3 N–H and O–H groups in total. The van der Waals surface area contributed by atoms with Crippen molar-refractivity contribution in [3.8, 4) is 0 Å². The summed E-state index contributed by atoms with van der Waals surface area (Å²) in [5.74, 6) is 0.123. The minimum absolute atomic E-state index is 0.0665. The molecule has 1 aliphatic heterocycles. The third-order valence-corrected chi connectivity index (χ3v) is 2.78. The van der Waals surface area contributed by atoms with Crippen molar-refractivity contribution in [3.05, 3.63) is 22.2 Å². The standard InChI is InChI=1S/C10H14FN3O3/c1-5-3-14(10(16)13-8(5)12)9-7(11)2-6(4-15)17-9/h3,6-7,9,15H,2,4H2,1H3,(H2,12,13,16)/t6-,7-,9+/m0/s1. The number of aryl methyl sites for hydroxylation is 1. The molecule has 1 fully saturated rings. The Hall–Kier alpha value is -1.47. The zero-order chi connectivity index (χ0) is 12.6. The van der Waals surface area contributed by atoms with Crippen molar-refractivity contribution < 1.29 is 14.2 Å². The summed E-state index contributed by atoms with van der Waals surface area (Å²) >= 11 is 0. The van der Waals surface area contributed by atoms with Gasteiger partial charge in [-0.15, -0.1) is 0 Å². The highest BCUT2D eigenvalue weighted by atomic mass is 19.1. The minimum atomic E-state index is -1.34. The molecule has 0 unspecified atom stereocenters. The highest BCUT2D eigenvalue weighted by molar-refractivity contribution is 5.35. The summed E-state index contributed by atoms with van der Waals surface area (Å²) in [4.78, 5) is 15.2. The molecule has 7 heteroatoms. The maximum absolute atomic E-state index is 13.7. The number of aliphatic hydroxyl groups excluding tert-OH is 1. The van der Waals surface area contributed by atoms with E-state index in [1.54, 1.807) is 6.92 Å². The van der Waals surface area contributed by atoms with Crippen LogP contribution in [0.1, 0.15) is 18.2 Å². The molecule has 1 aromatic rings. The van der Waals surface area contributed by atoms with Gasteiger partial charge in [-0.25, -0.2) is 9.18 Å². The number of hydrogen-bond donors (Lipinski definition) is 2. The molecule has 0 spiro atoms. The summed E-state index contributed by atoms with van der Waals surface area (Å²) in [6, 6.07) is 0. The van der Waals surface area contributed by atoms with Crippen molar-refractivity contribution in [1.29, 1.82) is 0 Å². The lowest BCUT2D eigenvalue weighted by atomic mass is 10.2. The number of aliphatic hydroxyl groups is 1. The summed E-state index contributed by atoms with van der Waals surface area (Å²) in [5.41, 5.74) is 5.40. The van der Waals surface area contributed by atoms with E-state index in [0.29, 0.717) is 5.56 Å². The molecule has 0 radical (unpaired) electrons. The van der Waals surface area contributed by atoms with Crippen LogP contribution in [0.2, 0.25) is 0 Å². The maximum Gasteiger partial charge on any atom is 0.351 e. The highest BCUT2D eigenvalue weighted by Gasteiger charge is 2.37. The molecular formula is C10H14FN3O3. The van der Waals surface area contributed by atoms with Crippen LogP contribution in [0.4, 0.5) is 10.2 Å². The number of alkyl halides is 1. The molecule has 17 heavy (non-hydrogen) atoms. The molecule has 0 bridgehead atoms. The van der Waals surface area contributed by atoms with Crippen molar-refractivity contribution in [2.24, 2.45) is 0 Å². The molecule has 3 atom stereocenters. The van der Waals surface area contributed by atoms with Gasteiger partial charge in [-0.1, -0.05) is 0 Å². The van der Waals surface area contributed by atoms with Gasteiger partial charge in [0.25, 0.3) is 0 Å². The summed E-state index contributed by atoms with van der Waals surface area (Å²) < 4.78 is 20.0. The first kappa shape index (κ1) is 12.0. The van der Waals surface area contributed by atoms with Crippen LogP contribution in [0.3, 0.4) is 0 Å². The van der Waals surface area contributed by atoms with Crippen molar-refractivity contribution in [1.82, 2.24) is 9.55 Å². The number of rotatable bonds is 2. The lowest BCUT2D eigenvalue weighted by molar-refractivity contribution is -0.0394. The second kappa shape index (κ2) is 4.42. The summed E-state index contributed by atoms with van der Waals surface area (Å²) in [6.07, 6.45) is -1.47. The molecule has 2 rings (SSSR count). The molecule has 1 aromatic heterocycles. The Balaban J connectivity index is 2.35. The van der Waals surface area contributed by atoms with E-state index in [0.717, 1.165) is 4.57 Å². The fourth-order valence-electron chi connectivity index (χ4n) is 1.82. The average Bonchev–Trinajstić information content (AvgIpc) is 2.65. The quantitative estimate of drug-likeness (QED) is 0.747. The topological polar surface area (TPSA) is 90.4 Å². The fourth-order valence-corrected chi connectivity index (χ4v) is 1.82. The van der Waals surface area contributed by atoms with E-state index in [9.17, 15) is 9.18 Å². The van der Waals surface area contributed by atoms with Crippen LogP contribution < -0.4 is 11.4 Å². The predicted molar refractivity (Wildman–Crippen MR) is 58.2 cm³/mol. The average molecular weight is 243 g/mol. The van der Waals surface area contributed by atoms with Crippen molar-refractivity contribution in [2.45, 2.75) is 31.8 Å². The van der Waals surface area contributed by atoms with Gasteiger partial charge >= 0.3 is 5.69 Å². The van der Waals surface area contributed by atoms with E-state index in [4.69, 9.17) is 15.6 Å². The maximum atomic E-state index is 13.7. The van der Waals surface area contributed by atoms with Crippen LogP contribution in [-0.4, -0.2) is 33.5 Å². The first-order valence-corrected chi connectivity index (χ1v) is 5.28. The van der Waals surface area contributed by atoms with Crippen LogP contribution in [-0.2, 0) is 4.74 Å². The molecule has 0 saturated carbocycles. The van der Waals surface area contributed by atoms with Gasteiger partial charge in [0, 0.05) is 18.2 Å². The van der Waals surface area contributed by atoms with Crippen molar-refractivity contribution in [2.75, 3.05) is 12.3 Å².